The van der Waals surface area contributed by atoms with E-state index in [1.807, 2.05) is 0 Å². The van der Waals surface area contributed by atoms with Crippen molar-refractivity contribution in [2.24, 2.45) is 5.73 Å². The predicted octanol–water partition coefficient (Wildman–Crippen LogP) is 1.21. The molecule has 4 nitrogen and oxygen atoms in total. The molecule has 2 N–H and O–H groups in total. The van der Waals surface area contributed by atoms with Gasteiger partial charge >= 0.3 is 12.3 Å². The lowest BCUT2D eigenvalue weighted by Gasteiger charge is -2.16. The second-order valence-corrected chi connectivity index (χ2v) is 2.86. The largest absolute Gasteiger partial charge is 0.470 e. The number of alkyl halides is 4. The van der Waals surface area contributed by atoms with Gasteiger partial charge in [-0.15, -0.1) is 0 Å². The van der Waals surface area contributed by atoms with Gasteiger partial charge in [-0.1, -0.05) is 0 Å². The van der Waals surface area contributed by atoms with Gasteiger partial charge in [0.15, 0.2) is 6.61 Å². The molecule has 0 aromatic carbocycles. The van der Waals surface area contributed by atoms with Crippen LogP contribution in [0.25, 0.3) is 0 Å². The summed E-state index contributed by atoms with van der Waals surface area (Å²) in [6.07, 6.45) is -1.31. The minimum absolute atomic E-state index is 0.0799. The Morgan fingerprint density at radius 2 is 1.94 bits per heavy atom. The number of aromatic nitrogens is 2. The van der Waals surface area contributed by atoms with Crippen molar-refractivity contribution in [3.05, 3.63) is 18.1 Å². The lowest BCUT2D eigenvalue weighted by Crippen LogP contribution is -2.34. The highest BCUT2D eigenvalue weighted by atomic mass is 19.3. The van der Waals surface area contributed by atoms with Crippen molar-refractivity contribution in [1.82, 2.24) is 9.97 Å². The summed E-state index contributed by atoms with van der Waals surface area (Å²) in [4.78, 5) is 7.27. The van der Waals surface area contributed by atoms with E-state index in [2.05, 4.69) is 14.7 Å². The number of hydrogen-bond acceptors (Lipinski definition) is 4. The number of nitrogens with zero attached hydrogens (tertiary/aromatic N) is 2. The number of rotatable bonds is 5. The van der Waals surface area contributed by atoms with Gasteiger partial charge in [0.25, 0.3) is 0 Å². The highest BCUT2D eigenvalue weighted by Gasteiger charge is 2.42. The molecule has 0 unspecified atom stereocenters. The van der Waals surface area contributed by atoms with E-state index in [9.17, 15) is 17.6 Å². The van der Waals surface area contributed by atoms with Gasteiger partial charge < -0.3 is 10.5 Å². The van der Waals surface area contributed by atoms with E-state index in [0.717, 1.165) is 0 Å². The zero-order chi connectivity index (χ0) is 12.2. The summed E-state index contributed by atoms with van der Waals surface area (Å²) in [5.74, 6) is -4.48. The third kappa shape index (κ3) is 3.02. The molecular formula is C8H9F4N3O. The maximum Gasteiger partial charge on any atom is 0.340 e. The SMILES string of the molecule is NCc1nccnc1OCC(F)(F)C(F)F. The second kappa shape index (κ2) is 5.06. The van der Waals surface area contributed by atoms with Crippen LogP contribution in [0, 0.1) is 0 Å². The normalized spacial score (nSPS) is 11.9. The van der Waals surface area contributed by atoms with Crippen molar-refractivity contribution in [3.63, 3.8) is 0 Å². The molecule has 0 fully saturated rings. The Labute approximate surface area is 88.4 Å². The number of ether oxygens (including phenoxy) is 1. The monoisotopic (exact) mass is 239 g/mol. The molecule has 0 radical (unpaired) electrons. The Balaban J connectivity index is 2.67. The third-order valence-electron chi connectivity index (χ3n) is 1.65. The Kier molecular flexibility index (Phi) is 3.99. The maximum absolute atomic E-state index is 12.5. The van der Waals surface area contributed by atoms with E-state index in [0.29, 0.717) is 0 Å². The van der Waals surface area contributed by atoms with Crippen LogP contribution in [0.15, 0.2) is 12.4 Å². The van der Waals surface area contributed by atoms with Gasteiger partial charge in [-0.3, -0.25) is 4.98 Å². The molecule has 1 aromatic heterocycles. The Morgan fingerprint density at radius 3 is 2.50 bits per heavy atom. The molecule has 0 aliphatic rings. The molecule has 0 bridgehead atoms. The van der Waals surface area contributed by atoms with Crippen LogP contribution < -0.4 is 10.5 Å². The van der Waals surface area contributed by atoms with E-state index < -0.39 is 19.0 Å². The zero-order valence-corrected chi connectivity index (χ0v) is 8.04. The number of nitrogens with two attached hydrogens (primary N) is 1. The van der Waals surface area contributed by atoms with Crippen LogP contribution in [0.5, 0.6) is 5.88 Å². The molecule has 0 saturated carbocycles. The summed E-state index contributed by atoms with van der Waals surface area (Å²) in [6.45, 7) is -1.54. The minimum atomic E-state index is -4.22. The fourth-order valence-electron chi connectivity index (χ4n) is 0.842. The van der Waals surface area contributed by atoms with Crippen molar-refractivity contribution in [1.29, 1.82) is 0 Å². The fourth-order valence-corrected chi connectivity index (χ4v) is 0.842. The summed E-state index contributed by atoms with van der Waals surface area (Å²) >= 11 is 0. The quantitative estimate of drug-likeness (QED) is 0.784. The summed E-state index contributed by atoms with van der Waals surface area (Å²) < 4.78 is 53.1. The maximum atomic E-state index is 12.5. The summed E-state index contributed by atoms with van der Waals surface area (Å²) in [6, 6.07) is 0. The van der Waals surface area contributed by atoms with Crippen LogP contribution in [-0.4, -0.2) is 28.9 Å². The molecule has 0 spiro atoms. The van der Waals surface area contributed by atoms with Crippen LogP contribution in [0.4, 0.5) is 17.6 Å². The smallest absolute Gasteiger partial charge is 0.340 e. The molecule has 0 aliphatic heterocycles. The van der Waals surface area contributed by atoms with Gasteiger partial charge in [-0.2, -0.15) is 8.78 Å². The average Bonchev–Trinajstić information content (AvgIpc) is 2.26. The first-order valence-electron chi connectivity index (χ1n) is 4.26. The van der Waals surface area contributed by atoms with Crippen LogP contribution >= 0.6 is 0 Å². The minimum Gasteiger partial charge on any atom is -0.470 e. The standard InChI is InChI=1S/C8H9F4N3O/c9-7(10)8(11,12)4-16-6-5(3-13)14-1-2-15-6/h1-2,7H,3-4,13H2. The zero-order valence-electron chi connectivity index (χ0n) is 8.04. The number of halogens is 4. The van der Waals surface area contributed by atoms with Crippen molar-refractivity contribution in [2.75, 3.05) is 6.61 Å². The third-order valence-corrected chi connectivity index (χ3v) is 1.65. The lowest BCUT2D eigenvalue weighted by molar-refractivity contribution is -0.148. The molecule has 90 valence electrons. The van der Waals surface area contributed by atoms with Gasteiger partial charge in [0.1, 0.15) is 5.69 Å². The van der Waals surface area contributed by atoms with Gasteiger partial charge in [0, 0.05) is 18.9 Å². The highest BCUT2D eigenvalue weighted by Crippen LogP contribution is 2.24. The predicted molar refractivity (Wildman–Crippen MR) is 46.4 cm³/mol. The van der Waals surface area contributed by atoms with Crippen molar-refractivity contribution < 1.29 is 22.3 Å². The van der Waals surface area contributed by atoms with Gasteiger partial charge in [0.05, 0.1) is 0 Å². The topological polar surface area (TPSA) is 61.0 Å². The first-order valence-corrected chi connectivity index (χ1v) is 4.26. The van der Waals surface area contributed by atoms with Gasteiger partial charge in [0.2, 0.25) is 5.88 Å². The van der Waals surface area contributed by atoms with E-state index >= 15 is 0 Å². The number of hydrogen-bond donors (Lipinski definition) is 1. The molecule has 0 amide bonds. The molecule has 8 heteroatoms. The van der Waals surface area contributed by atoms with E-state index in [-0.39, 0.29) is 18.1 Å². The molecule has 1 heterocycles. The van der Waals surface area contributed by atoms with Crippen molar-refractivity contribution in [3.8, 4) is 5.88 Å². The van der Waals surface area contributed by atoms with Gasteiger partial charge in [-0.05, 0) is 0 Å². The first-order chi connectivity index (χ1) is 7.47. The highest BCUT2D eigenvalue weighted by molar-refractivity contribution is 5.16. The summed E-state index contributed by atoms with van der Waals surface area (Å²) in [5.41, 5.74) is 5.36. The molecule has 0 aliphatic carbocycles. The Bertz CT molecular complexity index is 348. The van der Waals surface area contributed by atoms with E-state index in [1.54, 1.807) is 0 Å². The van der Waals surface area contributed by atoms with Crippen LogP contribution in [0.3, 0.4) is 0 Å². The van der Waals surface area contributed by atoms with Crippen LogP contribution in [-0.2, 0) is 6.54 Å². The van der Waals surface area contributed by atoms with Crippen molar-refractivity contribution >= 4 is 0 Å². The summed E-state index contributed by atoms with van der Waals surface area (Å²) in [7, 11) is 0. The van der Waals surface area contributed by atoms with Crippen molar-refractivity contribution in [2.45, 2.75) is 18.9 Å². The fraction of sp³-hybridized carbons (Fsp3) is 0.500. The molecule has 0 saturated heterocycles. The first kappa shape index (κ1) is 12.6. The Hall–Kier alpha value is -1.44. The molecular weight excluding hydrogens is 230 g/mol. The van der Waals surface area contributed by atoms with Crippen LogP contribution in [0.1, 0.15) is 5.69 Å². The second-order valence-electron chi connectivity index (χ2n) is 2.86. The molecule has 1 aromatic rings. The Morgan fingerprint density at radius 1 is 1.31 bits per heavy atom. The van der Waals surface area contributed by atoms with E-state index in [4.69, 9.17) is 5.73 Å². The molecule has 0 atom stereocenters. The lowest BCUT2D eigenvalue weighted by atomic mass is 10.4. The van der Waals surface area contributed by atoms with Crippen LogP contribution in [0.2, 0.25) is 0 Å². The van der Waals surface area contributed by atoms with E-state index in [1.165, 1.54) is 12.4 Å². The molecule has 1 rings (SSSR count). The average molecular weight is 239 g/mol. The molecule has 16 heavy (non-hydrogen) atoms. The summed E-state index contributed by atoms with van der Waals surface area (Å²) in [5, 5.41) is 0. The van der Waals surface area contributed by atoms with Gasteiger partial charge in [-0.25, -0.2) is 13.8 Å².